The second-order valence-electron chi connectivity index (χ2n) is 22.9. The summed E-state index contributed by atoms with van der Waals surface area (Å²) in [5.41, 5.74) is -0.926. The summed E-state index contributed by atoms with van der Waals surface area (Å²) in [5.74, 6) is -2.21. The highest BCUT2D eigenvalue weighted by atomic mass is 16.8. The molecule has 0 aromatic rings. The number of carboxylic acids is 2. The first-order valence-electron chi connectivity index (χ1n) is 23.7. The van der Waals surface area contributed by atoms with Crippen molar-refractivity contribution in [1.82, 2.24) is 0 Å². The number of ether oxygens (including phenoxy) is 6. The van der Waals surface area contributed by atoms with Crippen LogP contribution in [0.3, 0.4) is 0 Å². The molecule has 4 saturated carbocycles. The van der Waals surface area contributed by atoms with Crippen molar-refractivity contribution in [2.75, 3.05) is 13.2 Å². The molecule has 5 aliphatic carbocycles. The van der Waals surface area contributed by atoms with E-state index in [0.29, 0.717) is 25.7 Å². The fraction of sp³-hybridized carbons (Fsp3) is 0.915. The van der Waals surface area contributed by atoms with Crippen LogP contribution < -0.4 is 0 Å². The summed E-state index contributed by atoms with van der Waals surface area (Å²) >= 11 is 0. The fourth-order valence-corrected chi connectivity index (χ4v) is 14.8. The Hall–Kier alpha value is -1.88. The van der Waals surface area contributed by atoms with Crippen LogP contribution in [-0.4, -0.2) is 168 Å². The number of fused-ring (bicyclic) bond motifs is 7. The van der Waals surface area contributed by atoms with Gasteiger partial charge < -0.3 is 79.5 Å². The summed E-state index contributed by atoms with van der Waals surface area (Å²) in [6, 6.07) is 0. The summed E-state index contributed by atoms with van der Waals surface area (Å²) in [6.07, 6.45) is -14.7. The van der Waals surface area contributed by atoms with E-state index in [-0.39, 0.29) is 46.0 Å². The predicted molar refractivity (Wildman–Crippen MR) is 225 cm³/mol. The summed E-state index contributed by atoms with van der Waals surface area (Å²) in [7, 11) is 0. The minimum atomic E-state index is -2.02. The minimum Gasteiger partial charge on any atom is -0.481 e. The molecular weight excluding hydrogens is 852 g/mol. The third-order valence-electron chi connectivity index (χ3n) is 19.1. The van der Waals surface area contributed by atoms with Crippen LogP contribution in [-0.2, 0) is 38.0 Å². The number of aliphatic hydroxyl groups excluding tert-OH is 8. The van der Waals surface area contributed by atoms with Crippen molar-refractivity contribution in [3.05, 3.63) is 11.6 Å². The van der Waals surface area contributed by atoms with Crippen molar-refractivity contribution >= 4 is 11.9 Å². The quantitative estimate of drug-likeness (QED) is 0.116. The molecular formula is C47H74O18. The summed E-state index contributed by atoms with van der Waals surface area (Å²) in [5, 5.41) is 107. The summed E-state index contributed by atoms with van der Waals surface area (Å²) < 4.78 is 36.4. The number of carboxylic acid groups (broad SMARTS) is 2. The molecule has 0 spiro atoms. The molecule has 7 fully saturated rings. The first-order chi connectivity index (χ1) is 30.3. The average Bonchev–Trinajstić information content (AvgIpc) is 3.24. The van der Waals surface area contributed by atoms with Crippen molar-refractivity contribution in [2.24, 2.45) is 50.2 Å². The number of carbonyl (C=O) groups is 2. The van der Waals surface area contributed by atoms with Crippen molar-refractivity contribution in [2.45, 2.75) is 205 Å². The van der Waals surface area contributed by atoms with Crippen LogP contribution >= 0.6 is 0 Å². The van der Waals surface area contributed by atoms with Crippen LogP contribution in [0.25, 0.3) is 0 Å². The van der Waals surface area contributed by atoms with Gasteiger partial charge in [0.1, 0.15) is 54.9 Å². The molecule has 23 atom stereocenters. The van der Waals surface area contributed by atoms with Crippen LogP contribution in [0.5, 0.6) is 0 Å². The van der Waals surface area contributed by atoms with Crippen LogP contribution in [0.15, 0.2) is 11.6 Å². The molecule has 370 valence electrons. The molecule has 0 aromatic heterocycles. The lowest BCUT2D eigenvalue weighted by atomic mass is 9.33. The molecule has 0 amide bonds. The summed E-state index contributed by atoms with van der Waals surface area (Å²) in [4.78, 5) is 25.1. The number of hydrogen-bond acceptors (Lipinski definition) is 16. The smallest absolute Gasteiger partial charge is 0.335 e. The molecule has 3 heterocycles. The SMILES string of the molecule is C[C@@H]1O[C@@H](O[C@H]2[C@H](O[C@H]3CC[C@@]4(C)[C@@H](CC[C@]5(C)[C@@H]4CC=C4[C@@H]6CC(C)(C)CC[C@]6(C(=O)O)CC[C@]45C)[C@]3(C)CO)OC[C@H](O)[C@@H]2O[C@@H]2O[C@H](C(=O)O)[C@H](O)[C@H](O)[C@H]2O)[C@H](O)[C@H](O)[C@H]1O. The Morgan fingerprint density at radius 3 is 1.98 bits per heavy atom. The van der Waals surface area contributed by atoms with Gasteiger partial charge >= 0.3 is 11.9 Å². The van der Waals surface area contributed by atoms with Gasteiger partial charge in [0.05, 0.1) is 30.8 Å². The highest BCUT2D eigenvalue weighted by Gasteiger charge is 2.70. The maximum Gasteiger partial charge on any atom is 0.335 e. The van der Waals surface area contributed by atoms with Gasteiger partial charge in [-0.25, -0.2) is 4.79 Å². The first-order valence-corrected chi connectivity index (χ1v) is 23.7. The summed E-state index contributed by atoms with van der Waals surface area (Å²) in [6.45, 7) is 14.4. The molecule has 0 bridgehead atoms. The van der Waals surface area contributed by atoms with Crippen molar-refractivity contribution < 1.29 is 89.1 Å². The number of allylic oxidation sites excluding steroid dienone is 2. The number of aliphatic hydroxyl groups is 8. The Bertz CT molecular complexity index is 1830. The largest absolute Gasteiger partial charge is 0.481 e. The molecule has 3 saturated heterocycles. The van der Waals surface area contributed by atoms with Gasteiger partial charge in [0.15, 0.2) is 25.0 Å². The number of rotatable bonds is 9. The Labute approximate surface area is 380 Å². The zero-order chi connectivity index (χ0) is 47.6. The van der Waals surface area contributed by atoms with E-state index >= 15 is 0 Å². The van der Waals surface area contributed by atoms with E-state index in [1.54, 1.807) is 0 Å². The van der Waals surface area contributed by atoms with Gasteiger partial charge in [-0.3, -0.25) is 4.79 Å². The first kappa shape index (κ1) is 49.5. The second kappa shape index (κ2) is 17.2. The van der Waals surface area contributed by atoms with E-state index < -0.39 is 121 Å². The lowest BCUT2D eigenvalue weighted by molar-refractivity contribution is -0.387. The molecule has 10 N–H and O–H groups in total. The third-order valence-corrected chi connectivity index (χ3v) is 19.1. The van der Waals surface area contributed by atoms with E-state index in [1.165, 1.54) is 12.5 Å². The second-order valence-corrected chi connectivity index (χ2v) is 22.9. The zero-order valence-electron chi connectivity index (χ0n) is 38.7. The van der Waals surface area contributed by atoms with Crippen LogP contribution in [0, 0.1) is 50.2 Å². The molecule has 3 aliphatic heterocycles. The molecule has 18 heteroatoms. The van der Waals surface area contributed by atoms with E-state index in [4.69, 9.17) is 28.4 Å². The standard InChI is InChI=1S/C47H74O18/c1-21-28(50)29(51)32(54)38(61-21)65-36-34(63-39-33(55)30(52)31(53)35(64-39)37(56)57)24(49)19-60-40(36)62-27-11-12-43(4)25(44(27,5)20-48)10-13-46(7)26(43)9-8-22-23-18-42(2,3)14-16-47(23,41(58)59)17-15-45(22,46)6/h8,21,23-36,38-40,48-55H,9-20H2,1-7H3,(H,56,57)(H,58,59)/t21-,23-,24-,25+,26+,27-,28-,29+,30-,31+,32+,33+,34-,35-,36+,38-,39+,40-,43-,44-,45+,46+,47-/m0/s1. The molecule has 0 aromatic carbocycles. The molecule has 0 radical (unpaired) electrons. The lowest BCUT2D eigenvalue weighted by Crippen LogP contribution is -2.67. The zero-order valence-corrected chi connectivity index (χ0v) is 38.7. The Morgan fingerprint density at radius 1 is 0.708 bits per heavy atom. The highest BCUT2D eigenvalue weighted by Crippen LogP contribution is 2.76. The third kappa shape index (κ3) is 7.67. The van der Waals surface area contributed by atoms with E-state index in [9.17, 15) is 60.7 Å². The molecule has 8 aliphatic rings. The average molecular weight is 927 g/mol. The fourth-order valence-electron chi connectivity index (χ4n) is 14.8. The maximum absolute atomic E-state index is 13.2. The Morgan fingerprint density at radius 2 is 1.34 bits per heavy atom. The lowest BCUT2D eigenvalue weighted by Gasteiger charge is -2.71. The molecule has 65 heavy (non-hydrogen) atoms. The normalized spacial score (nSPS) is 54.2. The Balaban J connectivity index is 1.09. The topological polar surface area (TPSA) is 292 Å². The van der Waals surface area contributed by atoms with Crippen molar-refractivity contribution in [1.29, 1.82) is 0 Å². The van der Waals surface area contributed by atoms with Gasteiger partial charge in [0, 0.05) is 5.41 Å². The van der Waals surface area contributed by atoms with Crippen LogP contribution in [0.1, 0.15) is 113 Å². The van der Waals surface area contributed by atoms with E-state index in [2.05, 4.69) is 40.7 Å². The molecule has 8 rings (SSSR count). The van der Waals surface area contributed by atoms with Crippen LogP contribution in [0.2, 0.25) is 0 Å². The van der Waals surface area contributed by atoms with Gasteiger partial charge in [-0.2, -0.15) is 0 Å². The highest BCUT2D eigenvalue weighted by molar-refractivity contribution is 5.76. The Kier molecular flexibility index (Phi) is 13.1. The molecule has 18 nitrogen and oxygen atoms in total. The monoisotopic (exact) mass is 926 g/mol. The maximum atomic E-state index is 13.2. The van der Waals surface area contributed by atoms with Crippen molar-refractivity contribution in [3.8, 4) is 0 Å². The van der Waals surface area contributed by atoms with Gasteiger partial charge in [0.2, 0.25) is 0 Å². The van der Waals surface area contributed by atoms with Gasteiger partial charge in [0.25, 0.3) is 0 Å². The molecule has 0 unspecified atom stereocenters. The number of hydrogen-bond donors (Lipinski definition) is 10. The van der Waals surface area contributed by atoms with E-state index in [0.717, 1.165) is 38.5 Å². The van der Waals surface area contributed by atoms with Gasteiger partial charge in [-0.05, 0) is 111 Å². The number of aliphatic carboxylic acids is 2. The van der Waals surface area contributed by atoms with E-state index in [1.807, 2.05) is 6.92 Å². The van der Waals surface area contributed by atoms with Crippen molar-refractivity contribution in [3.63, 3.8) is 0 Å². The van der Waals surface area contributed by atoms with Gasteiger partial charge in [-0.1, -0.05) is 53.2 Å². The van der Waals surface area contributed by atoms with Crippen LogP contribution in [0.4, 0.5) is 0 Å². The van der Waals surface area contributed by atoms with Gasteiger partial charge in [-0.15, -0.1) is 0 Å². The predicted octanol–water partition coefficient (Wildman–Crippen LogP) is 1.44. The minimum absolute atomic E-state index is 0.0329.